The first-order valence-corrected chi connectivity index (χ1v) is 6.57. The van der Waals surface area contributed by atoms with Crippen molar-refractivity contribution >= 4 is 11.6 Å². The van der Waals surface area contributed by atoms with Crippen molar-refractivity contribution in [3.05, 3.63) is 39.4 Å². The molecule has 1 unspecified atom stereocenters. The molecule has 1 atom stereocenters. The van der Waals surface area contributed by atoms with E-state index in [1.54, 1.807) is 13.0 Å². The summed E-state index contributed by atoms with van der Waals surface area (Å²) < 4.78 is 5.39. The number of carbonyl (C=O) groups excluding carboxylic acids is 1. The molecule has 6 nitrogen and oxygen atoms in total. The molecular weight excluding hydrogens is 260 g/mol. The zero-order chi connectivity index (χ0) is 14.8. The molecule has 1 aromatic rings. The Bertz CT molecular complexity index is 536. The zero-order valence-corrected chi connectivity index (χ0v) is 11.6. The van der Waals surface area contributed by atoms with Gasteiger partial charge in [-0.2, -0.15) is 0 Å². The minimum atomic E-state index is -0.451. The molecular formula is C14H18N2O4. The van der Waals surface area contributed by atoms with Crippen LogP contribution in [0.15, 0.2) is 18.2 Å². The van der Waals surface area contributed by atoms with E-state index < -0.39 is 4.92 Å². The van der Waals surface area contributed by atoms with E-state index in [0.29, 0.717) is 17.7 Å². The molecule has 2 rings (SSSR count). The fraction of sp³-hybridized carbons (Fsp3) is 0.500. The fourth-order valence-corrected chi connectivity index (χ4v) is 2.38. The third-order valence-electron chi connectivity index (χ3n) is 3.51. The van der Waals surface area contributed by atoms with Crippen LogP contribution in [0.1, 0.15) is 35.7 Å². The molecule has 1 aliphatic heterocycles. The van der Waals surface area contributed by atoms with Crippen molar-refractivity contribution in [1.82, 2.24) is 5.32 Å². The van der Waals surface area contributed by atoms with Crippen molar-refractivity contribution in [2.24, 2.45) is 0 Å². The van der Waals surface area contributed by atoms with E-state index in [4.69, 9.17) is 4.74 Å². The number of aryl methyl sites for hydroxylation is 1. The fourth-order valence-electron chi connectivity index (χ4n) is 2.38. The highest BCUT2D eigenvalue weighted by molar-refractivity contribution is 5.95. The summed E-state index contributed by atoms with van der Waals surface area (Å²) in [4.78, 5) is 22.5. The molecule has 0 radical (unpaired) electrons. The standard InChI is InChI=1S/C14H18N2O4/c1-10-8-11(4-5-12(10)16(18)19)13(17)15-14(2)6-3-7-20-9-14/h4-5,8H,3,6-7,9H2,1-2H3,(H,15,17). The van der Waals surface area contributed by atoms with Crippen LogP contribution in [-0.4, -0.2) is 29.6 Å². The quantitative estimate of drug-likeness (QED) is 0.679. The van der Waals surface area contributed by atoms with E-state index in [2.05, 4.69) is 5.32 Å². The van der Waals surface area contributed by atoms with Crippen LogP contribution < -0.4 is 5.32 Å². The Hall–Kier alpha value is -1.95. The lowest BCUT2D eigenvalue weighted by atomic mass is 9.94. The Balaban J connectivity index is 2.13. The number of rotatable bonds is 3. The van der Waals surface area contributed by atoms with E-state index in [-0.39, 0.29) is 17.1 Å². The van der Waals surface area contributed by atoms with Crippen molar-refractivity contribution in [3.8, 4) is 0 Å². The lowest BCUT2D eigenvalue weighted by Crippen LogP contribution is -2.51. The predicted molar refractivity (Wildman–Crippen MR) is 73.8 cm³/mol. The number of nitro benzene ring substituents is 1. The van der Waals surface area contributed by atoms with E-state index in [1.807, 2.05) is 6.92 Å². The topological polar surface area (TPSA) is 81.5 Å². The largest absolute Gasteiger partial charge is 0.379 e. The van der Waals surface area contributed by atoms with Crippen LogP contribution in [0.2, 0.25) is 0 Å². The van der Waals surface area contributed by atoms with Gasteiger partial charge in [0.25, 0.3) is 11.6 Å². The summed E-state index contributed by atoms with van der Waals surface area (Å²) in [7, 11) is 0. The summed E-state index contributed by atoms with van der Waals surface area (Å²) in [6.45, 7) is 4.79. The van der Waals surface area contributed by atoms with Crippen molar-refractivity contribution in [3.63, 3.8) is 0 Å². The Morgan fingerprint density at radius 2 is 2.25 bits per heavy atom. The maximum Gasteiger partial charge on any atom is 0.272 e. The minimum Gasteiger partial charge on any atom is -0.379 e. The van der Waals surface area contributed by atoms with E-state index in [9.17, 15) is 14.9 Å². The number of nitrogens with one attached hydrogen (secondary N) is 1. The van der Waals surface area contributed by atoms with E-state index in [1.165, 1.54) is 12.1 Å². The first-order valence-electron chi connectivity index (χ1n) is 6.57. The molecule has 1 saturated heterocycles. The van der Waals surface area contributed by atoms with E-state index in [0.717, 1.165) is 19.4 Å². The van der Waals surface area contributed by atoms with Crippen LogP contribution in [0.4, 0.5) is 5.69 Å². The van der Waals surface area contributed by atoms with Gasteiger partial charge in [-0.15, -0.1) is 0 Å². The molecule has 0 spiro atoms. The number of nitrogens with zero attached hydrogens (tertiary/aromatic N) is 1. The van der Waals surface area contributed by atoms with Gasteiger partial charge in [-0.25, -0.2) is 0 Å². The average Bonchev–Trinajstić information content (AvgIpc) is 2.38. The van der Waals surface area contributed by atoms with Crippen LogP contribution in [0.5, 0.6) is 0 Å². The molecule has 20 heavy (non-hydrogen) atoms. The summed E-state index contributed by atoms with van der Waals surface area (Å²) in [6.07, 6.45) is 1.78. The second-order valence-corrected chi connectivity index (χ2v) is 5.43. The highest BCUT2D eigenvalue weighted by Crippen LogP contribution is 2.21. The molecule has 0 bridgehead atoms. The third kappa shape index (κ3) is 3.14. The van der Waals surface area contributed by atoms with Gasteiger partial charge in [0.05, 0.1) is 17.1 Å². The molecule has 1 heterocycles. The second kappa shape index (κ2) is 5.58. The molecule has 0 saturated carbocycles. The van der Waals surface area contributed by atoms with Gasteiger partial charge in [-0.05, 0) is 38.8 Å². The monoisotopic (exact) mass is 278 g/mol. The molecule has 6 heteroatoms. The van der Waals surface area contributed by atoms with Gasteiger partial charge >= 0.3 is 0 Å². The predicted octanol–water partition coefficient (Wildman–Crippen LogP) is 2.20. The molecule has 1 N–H and O–H groups in total. The maximum atomic E-state index is 12.2. The number of amides is 1. The van der Waals surface area contributed by atoms with Crippen molar-refractivity contribution in [1.29, 1.82) is 0 Å². The Labute approximate surface area is 117 Å². The van der Waals surface area contributed by atoms with Crippen LogP contribution >= 0.6 is 0 Å². The lowest BCUT2D eigenvalue weighted by Gasteiger charge is -2.34. The van der Waals surface area contributed by atoms with Crippen LogP contribution in [0.3, 0.4) is 0 Å². The summed E-state index contributed by atoms with van der Waals surface area (Å²) in [5.41, 5.74) is 0.562. The summed E-state index contributed by atoms with van der Waals surface area (Å²) in [6, 6.07) is 4.39. The zero-order valence-electron chi connectivity index (χ0n) is 11.6. The summed E-state index contributed by atoms with van der Waals surface area (Å²) in [5, 5.41) is 13.7. The average molecular weight is 278 g/mol. The number of carbonyl (C=O) groups is 1. The molecule has 0 aromatic heterocycles. The van der Waals surface area contributed by atoms with Gasteiger partial charge in [0, 0.05) is 23.8 Å². The molecule has 1 amide bonds. The molecule has 1 fully saturated rings. The number of hydrogen-bond donors (Lipinski definition) is 1. The Morgan fingerprint density at radius 1 is 1.50 bits per heavy atom. The molecule has 1 aromatic carbocycles. The van der Waals surface area contributed by atoms with Gasteiger partial charge < -0.3 is 10.1 Å². The lowest BCUT2D eigenvalue weighted by molar-refractivity contribution is -0.385. The Morgan fingerprint density at radius 3 is 2.80 bits per heavy atom. The van der Waals surface area contributed by atoms with Crippen molar-refractivity contribution in [2.75, 3.05) is 13.2 Å². The number of hydrogen-bond acceptors (Lipinski definition) is 4. The Kier molecular flexibility index (Phi) is 4.04. The number of nitro groups is 1. The second-order valence-electron chi connectivity index (χ2n) is 5.43. The van der Waals surface area contributed by atoms with Crippen LogP contribution in [0, 0.1) is 17.0 Å². The van der Waals surface area contributed by atoms with Crippen LogP contribution in [0.25, 0.3) is 0 Å². The normalized spacial score (nSPS) is 22.3. The van der Waals surface area contributed by atoms with Gasteiger partial charge in [0.1, 0.15) is 0 Å². The highest BCUT2D eigenvalue weighted by Gasteiger charge is 2.29. The molecule has 0 aliphatic carbocycles. The van der Waals surface area contributed by atoms with E-state index >= 15 is 0 Å². The SMILES string of the molecule is Cc1cc(C(=O)NC2(C)CCCOC2)ccc1[N+](=O)[O-]. The number of benzene rings is 1. The third-order valence-corrected chi connectivity index (χ3v) is 3.51. The maximum absolute atomic E-state index is 12.2. The molecule has 108 valence electrons. The smallest absolute Gasteiger partial charge is 0.272 e. The van der Waals surface area contributed by atoms with Gasteiger partial charge in [-0.1, -0.05) is 0 Å². The number of ether oxygens (including phenoxy) is 1. The minimum absolute atomic E-state index is 0.0220. The molecule has 1 aliphatic rings. The first kappa shape index (κ1) is 14.5. The van der Waals surface area contributed by atoms with Crippen molar-refractivity contribution in [2.45, 2.75) is 32.2 Å². The van der Waals surface area contributed by atoms with Gasteiger partial charge in [0.2, 0.25) is 0 Å². The van der Waals surface area contributed by atoms with Crippen LogP contribution in [-0.2, 0) is 4.74 Å². The van der Waals surface area contributed by atoms with Gasteiger partial charge in [-0.3, -0.25) is 14.9 Å². The first-order chi connectivity index (χ1) is 9.41. The van der Waals surface area contributed by atoms with Crippen molar-refractivity contribution < 1.29 is 14.5 Å². The summed E-state index contributed by atoms with van der Waals surface area (Å²) in [5.74, 6) is -0.226. The van der Waals surface area contributed by atoms with Gasteiger partial charge in [0.15, 0.2) is 0 Å². The summed E-state index contributed by atoms with van der Waals surface area (Å²) >= 11 is 0. The highest BCUT2D eigenvalue weighted by atomic mass is 16.6.